The van der Waals surface area contributed by atoms with Crippen LogP contribution in [0.25, 0.3) is 111 Å². The minimum absolute atomic E-state index is 0.316. The summed E-state index contributed by atoms with van der Waals surface area (Å²) < 4.78 is 40.1. The Morgan fingerprint density at radius 1 is 0.239 bits per heavy atom. The van der Waals surface area contributed by atoms with Crippen LogP contribution in [0.1, 0.15) is 11.1 Å². The number of rotatable bonds is 12. The molecule has 0 amide bonds. The average Bonchev–Trinajstić information content (AvgIpc) is 1.60. The molecular weight excluding hydrogens is 1130 g/mol. The van der Waals surface area contributed by atoms with Gasteiger partial charge in [-0.05, 0) is 208 Å². The summed E-state index contributed by atoms with van der Waals surface area (Å²) in [5.41, 5.74) is 22.1. The minimum Gasteiger partial charge on any atom is -0.310 e. The van der Waals surface area contributed by atoms with Gasteiger partial charge in [-0.2, -0.15) is 0 Å². The SMILES string of the molecule is Cc1ccc(N(c2ccc(-n3c(-c4cccc(F)c4)cc4cc5c(cc(-c6cccc(F)c6)n5-c5ccc(N(c6ccc(C)cc6)c6ccc7c(c6)c6ccccc6n7-c6ccccc6)cc5)cc43)cc2)c2ccc3c(c2)c2ccccc2n3-c2ccccc2)cc1. The molecular formula is C84H58F2N6. The normalized spacial score (nSPS) is 11.7. The van der Waals surface area contributed by atoms with Gasteiger partial charge in [0.05, 0.1) is 44.5 Å². The summed E-state index contributed by atoms with van der Waals surface area (Å²) in [4.78, 5) is 4.63. The maximum atomic E-state index is 15.5. The molecule has 0 atom stereocenters. The Balaban J connectivity index is 0.798. The fourth-order valence-electron chi connectivity index (χ4n) is 13.9. The topological polar surface area (TPSA) is 26.2 Å². The second-order valence-electron chi connectivity index (χ2n) is 23.9. The van der Waals surface area contributed by atoms with E-state index in [4.69, 9.17) is 0 Å². The summed E-state index contributed by atoms with van der Waals surface area (Å²) in [6.45, 7) is 4.23. The molecule has 438 valence electrons. The first-order valence-electron chi connectivity index (χ1n) is 31.1. The third-order valence-corrected chi connectivity index (χ3v) is 18.1. The van der Waals surface area contributed by atoms with E-state index in [2.05, 4.69) is 309 Å². The van der Waals surface area contributed by atoms with Crippen molar-refractivity contribution < 1.29 is 8.78 Å². The molecule has 0 unspecified atom stereocenters. The predicted octanol–water partition coefficient (Wildman–Crippen LogP) is 22.9. The van der Waals surface area contributed by atoms with Gasteiger partial charge in [0.25, 0.3) is 0 Å². The highest BCUT2D eigenvalue weighted by Crippen LogP contribution is 2.45. The fourth-order valence-corrected chi connectivity index (χ4v) is 13.9. The second-order valence-corrected chi connectivity index (χ2v) is 23.9. The van der Waals surface area contributed by atoms with Gasteiger partial charge in [-0.3, -0.25) is 0 Å². The first-order chi connectivity index (χ1) is 45.2. The van der Waals surface area contributed by atoms with Gasteiger partial charge in [0, 0.05) is 100 Å². The van der Waals surface area contributed by atoms with E-state index in [1.54, 1.807) is 24.3 Å². The van der Waals surface area contributed by atoms with Gasteiger partial charge >= 0.3 is 0 Å². The largest absolute Gasteiger partial charge is 0.310 e. The Morgan fingerprint density at radius 3 is 0.967 bits per heavy atom. The predicted molar refractivity (Wildman–Crippen MR) is 378 cm³/mol. The summed E-state index contributed by atoms with van der Waals surface area (Å²) in [6.07, 6.45) is 0. The van der Waals surface area contributed by atoms with E-state index >= 15 is 8.78 Å². The van der Waals surface area contributed by atoms with Crippen LogP contribution in [-0.4, -0.2) is 18.3 Å². The standard InChI is InChI=1S/C84H58F2N6/c1-55-27-31-65(32-28-55)87(71-43-45-79-75(53-71)73-23-9-11-25-77(73)89(79)63-19-5-3-6-20-63)67-35-39-69(40-36-67)91-81(57-15-13-17-61(85)47-57)49-59-52-84-60(51-83(59)91)50-82(58-16-14-18-62(86)48-58)92(84)70-41-37-68(38-42-70)88(66-33-29-56(2)30-34-66)72-44-46-80-76(54-72)74-24-10-12-26-78(74)90(80)64-21-7-4-8-22-64/h3-54H,1-2H3. The van der Waals surface area contributed by atoms with E-state index in [0.29, 0.717) is 0 Å². The third kappa shape index (κ3) is 9.22. The molecule has 4 heterocycles. The van der Waals surface area contributed by atoms with E-state index in [-0.39, 0.29) is 11.6 Å². The number of hydrogen-bond acceptors (Lipinski definition) is 2. The maximum absolute atomic E-state index is 15.5. The van der Waals surface area contributed by atoms with Crippen LogP contribution in [-0.2, 0) is 0 Å². The molecule has 0 spiro atoms. The zero-order chi connectivity index (χ0) is 61.6. The number of hydrogen-bond donors (Lipinski definition) is 0. The maximum Gasteiger partial charge on any atom is 0.123 e. The molecule has 0 aliphatic carbocycles. The minimum atomic E-state index is -0.316. The number of halogens is 2. The first kappa shape index (κ1) is 54.2. The number of aryl methyl sites for hydroxylation is 2. The Kier molecular flexibility index (Phi) is 12.9. The van der Waals surface area contributed by atoms with Crippen molar-refractivity contribution in [3.05, 3.63) is 338 Å². The van der Waals surface area contributed by atoms with Crippen LogP contribution >= 0.6 is 0 Å². The van der Waals surface area contributed by atoms with Crippen LogP contribution in [0.5, 0.6) is 0 Å². The molecule has 0 N–H and O–H groups in total. The molecule has 17 rings (SSSR count). The number of anilines is 6. The molecule has 0 fully saturated rings. The molecule has 0 radical (unpaired) electrons. The average molecular weight is 1190 g/mol. The summed E-state index contributed by atoms with van der Waals surface area (Å²) in [5, 5.41) is 6.59. The molecule has 0 saturated heterocycles. The lowest BCUT2D eigenvalue weighted by Crippen LogP contribution is -2.10. The molecule has 6 nitrogen and oxygen atoms in total. The molecule has 92 heavy (non-hydrogen) atoms. The third-order valence-electron chi connectivity index (χ3n) is 18.1. The first-order valence-corrected chi connectivity index (χ1v) is 31.1. The quantitative estimate of drug-likeness (QED) is 0.122. The van der Waals surface area contributed by atoms with Crippen molar-refractivity contribution >= 4 is 99.5 Å². The van der Waals surface area contributed by atoms with Crippen LogP contribution in [0, 0.1) is 25.5 Å². The summed E-state index contributed by atoms with van der Waals surface area (Å²) in [6, 6.07) is 109. The van der Waals surface area contributed by atoms with Crippen molar-refractivity contribution in [2.45, 2.75) is 13.8 Å². The van der Waals surface area contributed by atoms with Crippen LogP contribution in [0.2, 0.25) is 0 Å². The lowest BCUT2D eigenvalue weighted by Gasteiger charge is -2.26. The van der Waals surface area contributed by atoms with Gasteiger partial charge in [0.15, 0.2) is 0 Å². The summed E-state index contributed by atoms with van der Waals surface area (Å²) in [7, 11) is 0. The van der Waals surface area contributed by atoms with Crippen molar-refractivity contribution in [2.24, 2.45) is 0 Å². The van der Waals surface area contributed by atoms with Crippen LogP contribution in [0.4, 0.5) is 42.9 Å². The molecule has 0 bridgehead atoms. The summed E-state index contributed by atoms with van der Waals surface area (Å²) in [5.74, 6) is -0.631. The Bertz CT molecular complexity index is 5310. The fraction of sp³-hybridized carbons (Fsp3) is 0.0238. The number of nitrogens with zero attached hydrogens (tertiary/aromatic N) is 6. The van der Waals surface area contributed by atoms with Crippen molar-refractivity contribution in [3.63, 3.8) is 0 Å². The lowest BCUT2D eigenvalue weighted by atomic mass is 10.1. The molecule has 13 aromatic carbocycles. The molecule has 0 aliphatic heterocycles. The Morgan fingerprint density at radius 2 is 0.576 bits per heavy atom. The van der Waals surface area contributed by atoms with Crippen molar-refractivity contribution in [2.75, 3.05) is 9.80 Å². The molecule has 4 aromatic heterocycles. The van der Waals surface area contributed by atoms with Gasteiger partial charge in [0.2, 0.25) is 0 Å². The van der Waals surface area contributed by atoms with Crippen molar-refractivity contribution in [1.82, 2.24) is 18.3 Å². The van der Waals surface area contributed by atoms with E-state index in [0.717, 1.165) is 134 Å². The van der Waals surface area contributed by atoms with Crippen LogP contribution < -0.4 is 9.80 Å². The van der Waals surface area contributed by atoms with Crippen molar-refractivity contribution in [3.8, 4) is 45.3 Å². The second kappa shape index (κ2) is 21.9. The number of para-hydroxylation sites is 4. The van der Waals surface area contributed by atoms with Crippen LogP contribution in [0.15, 0.2) is 315 Å². The van der Waals surface area contributed by atoms with Gasteiger partial charge in [0.1, 0.15) is 11.6 Å². The van der Waals surface area contributed by atoms with Gasteiger partial charge in [-0.15, -0.1) is 0 Å². The molecule has 0 aliphatic rings. The van der Waals surface area contributed by atoms with E-state index in [1.807, 2.05) is 12.1 Å². The molecule has 8 heteroatoms. The highest BCUT2D eigenvalue weighted by atomic mass is 19.1. The van der Waals surface area contributed by atoms with E-state index in [9.17, 15) is 0 Å². The number of benzene rings is 13. The van der Waals surface area contributed by atoms with Gasteiger partial charge in [-0.25, -0.2) is 8.78 Å². The van der Waals surface area contributed by atoms with Crippen LogP contribution in [0.3, 0.4) is 0 Å². The summed E-state index contributed by atoms with van der Waals surface area (Å²) >= 11 is 0. The monoisotopic (exact) mass is 1190 g/mol. The van der Waals surface area contributed by atoms with Crippen molar-refractivity contribution in [1.29, 1.82) is 0 Å². The zero-order valence-electron chi connectivity index (χ0n) is 50.5. The zero-order valence-corrected chi connectivity index (χ0v) is 50.5. The lowest BCUT2D eigenvalue weighted by molar-refractivity contribution is 0.628. The number of aromatic nitrogens is 4. The number of fused-ring (bicyclic) bond motifs is 8. The van der Waals surface area contributed by atoms with E-state index < -0.39 is 0 Å². The highest BCUT2D eigenvalue weighted by Gasteiger charge is 2.24. The Hall–Kier alpha value is -12.0. The Labute approximate surface area is 530 Å². The van der Waals surface area contributed by atoms with E-state index in [1.165, 1.54) is 34.0 Å². The van der Waals surface area contributed by atoms with Gasteiger partial charge < -0.3 is 28.1 Å². The highest BCUT2D eigenvalue weighted by molar-refractivity contribution is 6.12. The van der Waals surface area contributed by atoms with Gasteiger partial charge in [-0.1, -0.05) is 132 Å². The molecule has 0 saturated carbocycles. The smallest absolute Gasteiger partial charge is 0.123 e. The molecule has 17 aromatic rings.